The zero-order valence-electron chi connectivity index (χ0n) is 19.4. The first-order valence-corrected chi connectivity index (χ1v) is 12.2. The number of halogens is 2. The third kappa shape index (κ3) is 4.55. The van der Waals surface area contributed by atoms with Crippen LogP contribution in [0, 0.1) is 5.82 Å². The zero-order valence-corrected chi connectivity index (χ0v) is 20.2. The normalized spacial score (nSPS) is 19.1. The van der Waals surface area contributed by atoms with E-state index in [9.17, 15) is 18.8 Å². The highest BCUT2D eigenvalue weighted by Gasteiger charge is 2.34. The SMILES string of the molecule is CC(=O)c1nn2c3ccc(cc13)NCCCc1cc(Cl)c(F)c(c1)CC(=O)[C@@H]1CCCN1C(=O)C2. The zero-order chi connectivity index (χ0) is 24.7. The molecule has 0 saturated carbocycles. The summed E-state index contributed by atoms with van der Waals surface area (Å²) >= 11 is 6.15. The molecule has 6 bridgehead atoms. The maximum absolute atomic E-state index is 14.8. The minimum Gasteiger partial charge on any atom is -0.385 e. The fourth-order valence-corrected chi connectivity index (χ4v) is 5.36. The first-order chi connectivity index (χ1) is 16.8. The lowest BCUT2D eigenvalue weighted by Gasteiger charge is -2.24. The highest BCUT2D eigenvalue weighted by Crippen LogP contribution is 2.27. The summed E-state index contributed by atoms with van der Waals surface area (Å²) in [5.74, 6) is -1.22. The summed E-state index contributed by atoms with van der Waals surface area (Å²) in [5.41, 5.74) is 2.96. The minimum absolute atomic E-state index is 0.00249. The molecule has 7 nitrogen and oxygen atoms in total. The molecule has 4 heterocycles. The van der Waals surface area contributed by atoms with Crippen molar-refractivity contribution in [2.45, 2.75) is 51.6 Å². The molecule has 9 heteroatoms. The molecule has 0 unspecified atom stereocenters. The first kappa shape index (κ1) is 23.5. The van der Waals surface area contributed by atoms with Crippen molar-refractivity contribution >= 4 is 45.7 Å². The Kier molecular flexibility index (Phi) is 6.32. The van der Waals surface area contributed by atoms with E-state index in [0.717, 1.165) is 17.7 Å². The van der Waals surface area contributed by atoms with Crippen LogP contribution in [0.15, 0.2) is 30.3 Å². The molecule has 0 radical (unpaired) electrons. The number of nitrogens with zero attached hydrogens (tertiary/aromatic N) is 3. The number of ketones is 2. The molecule has 1 fully saturated rings. The smallest absolute Gasteiger partial charge is 0.244 e. The van der Waals surface area contributed by atoms with Gasteiger partial charge in [0.25, 0.3) is 0 Å². The fraction of sp³-hybridized carbons (Fsp3) is 0.385. The van der Waals surface area contributed by atoms with Crippen LogP contribution in [0.5, 0.6) is 0 Å². The Labute approximate surface area is 207 Å². The molecule has 3 aliphatic heterocycles. The van der Waals surface area contributed by atoms with Crippen LogP contribution in [-0.4, -0.2) is 51.3 Å². The van der Waals surface area contributed by atoms with Crippen LogP contribution in [0.25, 0.3) is 10.9 Å². The second-order valence-corrected chi connectivity index (χ2v) is 9.67. The first-order valence-electron chi connectivity index (χ1n) is 11.9. The lowest BCUT2D eigenvalue weighted by molar-refractivity contribution is -0.138. The van der Waals surface area contributed by atoms with Crippen molar-refractivity contribution in [3.63, 3.8) is 0 Å². The molecule has 1 aromatic heterocycles. The summed E-state index contributed by atoms with van der Waals surface area (Å²) in [6.45, 7) is 2.46. The molecule has 1 N–H and O–H groups in total. The van der Waals surface area contributed by atoms with Crippen LogP contribution in [0.2, 0.25) is 5.02 Å². The maximum Gasteiger partial charge on any atom is 0.244 e. The van der Waals surface area contributed by atoms with Crippen LogP contribution in [0.4, 0.5) is 10.1 Å². The van der Waals surface area contributed by atoms with Gasteiger partial charge in [-0.05, 0) is 61.1 Å². The molecule has 182 valence electrons. The van der Waals surface area contributed by atoms with Gasteiger partial charge in [-0.25, -0.2) is 4.39 Å². The van der Waals surface area contributed by atoms with Crippen LogP contribution in [-0.2, 0) is 29.0 Å². The van der Waals surface area contributed by atoms with Gasteiger partial charge in [-0.1, -0.05) is 17.7 Å². The number of carbonyl (C=O) groups is 3. The lowest BCUT2D eigenvalue weighted by atomic mass is 9.98. The number of hydrogen-bond donors (Lipinski definition) is 1. The Morgan fingerprint density at radius 1 is 1.20 bits per heavy atom. The predicted molar refractivity (Wildman–Crippen MR) is 131 cm³/mol. The van der Waals surface area contributed by atoms with Gasteiger partial charge >= 0.3 is 0 Å². The number of aryl methyl sites for hydroxylation is 1. The van der Waals surface area contributed by atoms with E-state index in [0.29, 0.717) is 48.9 Å². The average Bonchev–Trinajstić information content (AvgIpc) is 3.45. The van der Waals surface area contributed by atoms with Crippen LogP contribution >= 0.6 is 11.6 Å². The number of hydrogen-bond acceptors (Lipinski definition) is 5. The number of anilines is 1. The van der Waals surface area contributed by atoms with Crippen molar-refractivity contribution in [1.82, 2.24) is 14.7 Å². The van der Waals surface area contributed by atoms with Crippen molar-refractivity contribution in [2.75, 3.05) is 18.4 Å². The largest absolute Gasteiger partial charge is 0.385 e. The molecule has 2 aromatic carbocycles. The van der Waals surface area contributed by atoms with Crippen molar-refractivity contribution in [3.8, 4) is 0 Å². The van der Waals surface area contributed by atoms with E-state index in [1.165, 1.54) is 11.6 Å². The second-order valence-electron chi connectivity index (χ2n) is 9.26. The minimum atomic E-state index is -0.617. The maximum atomic E-state index is 14.8. The number of carbonyl (C=O) groups excluding carboxylic acids is 3. The Morgan fingerprint density at radius 2 is 2.03 bits per heavy atom. The highest BCUT2D eigenvalue weighted by molar-refractivity contribution is 6.30. The van der Waals surface area contributed by atoms with Gasteiger partial charge in [-0.2, -0.15) is 5.10 Å². The van der Waals surface area contributed by atoms with Gasteiger partial charge in [-0.15, -0.1) is 0 Å². The monoisotopic (exact) mass is 496 g/mol. The van der Waals surface area contributed by atoms with Crippen molar-refractivity contribution in [2.24, 2.45) is 0 Å². The van der Waals surface area contributed by atoms with E-state index in [2.05, 4.69) is 10.4 Å². The number of aromatic nitrogens is 2. The van der Waals surface area contributed by atoms with Crippen molar-refractivity contribution < 1.29 is 18.8 Å². The number of fused-ring (bicyclic) bond motifs is 6. The van der Waals surface area contributed by atoms with Gasteiger partial charge in [0.15, 0.2) is 11.6 Å². The van der Waals surface area contributed by atoms with Gasteiger partial charge < -0.3 is 10.2 Å². The summed E-state index contributed by atoms with van der Waals surface area (Å²) in [6.07, 6.45) is 2.53. The van der Waals surface area contributed by atoms with Gasteiger partial charge in [0.1, 0.15) is 18.1 Å². The molecule has 6 rings (SSSR count). The molecule has 0 aliphatic carbocycles. The van der Waals surface area contributed by atoms with Crippen molar-refractivity contribution in [1.29, 1.82) is 0 Å². The van der Waals surface area contributed by atoms with E-state index in [4.69, 9.17) is 11.6 Å². The van der Waals surface area contributed by atoms with E-state index >= 15 is 0 Å². The van der Waals surface area contributed by atoms with E-state index in [-0.39, 0.29) is 41.0 Å². The lowest BCUT2D eigenvalue weighted by Crippen LogP contribution is -2.43. The number of amides is 1. The summed E-state index contributed by atoms with van der Waals surface area (Å²) in [6, 6.07) is 8.32. The van der Waals surface area contributed by atoms with Crippen LogP contribution < -0.4 is 5.32 Å². The van der Waals surface area contributed by atoms with E-state index in [1.54, 1.807) is 17.0 Å². The molecule has 35 heavy (non-hydrogen) atoms. The van der Waals surface area contributed by atoms with Gasteiger partial charge in [0, 0.05) is 37.5 Å². The predicted octanol–water partition coefficient (Wildman–Crippen LogP) is 4.19. The van der Waals surface area contributed by atoms with Crippen LogP contribution in [0.1, 0.15) is 47.8 Å². The highest BCUT2D eigenvalue weighted by atomic mass is 35.5. The molecule has 1 saturated heterocycles. The molecular weight excluding hydrogens is 471 g/mol. The number of nitrogens with one attached hydrogen (secondary N) is 1. The number of Topliss-reactive ketones (excluding diaryl/α,β-unsaturated/α-hetero) is 2. The van der Waals surface area contributed by atoms with Crippen molar-refractivity contribution in [3.05, 3.63) is 58.0 Å². The topological polar surface area (TPSA) is 84.3 Å². The second kappa shape index (κ2) is 9.41. The summed E-state index contributed by atoms with van der Waals surface area (Å²) < 4.78 is 16.3. The van der Waals surface area contributed by atoms with Gasteiger partial charge in [-0.3, -0.25) is 19.1 Å². The molecule has 1 atom stereocenters. The molecule has 0 spiro atoms. The number of benzene rings is 2. The van der Waals surface area contributed by atoms with Gasteiger partial charge in [0.05, 0.1) is 16.6 Å². The Balaban J connectivity index is 1.55. The van der Waals surface area contributed by atoms with E-state index < -0.39 is 11.9 Å². The number of rotatable bonds is 1. The fourth-order valence-electron chi connectivity index (χ4n) is 5.10. The third-order valence-electron chi connectivity index (χ3n) is 6.81. The molecule has 3 aromatic rings. The third-order valence-corrected chi connectivity index (χ3v) is 7.09. The Morgan fingerprint density at radius 3 is 2.83 bits per heavy atom. The standard InChI is InChI=1S/C26H26ClFN4O3/c1-15(33)26-19-13-18-6-7-21(19)32(30-26)14-24(35)31-9-3-5-22(31)23(34)12-17-10-16(4-2-8-29-18)11-20(27)25(17)28/h6-7,10-11,13,22,29H,2-5,8-9,12,14H2,1H3/t22-/m0/s1. The summed E-state index contributed by atoms with van der Waals surface area (Å²) in [7, 11) is 0. The van der Waals surface area contributed by atoms with Crippen LogP contribution in [0.3, 0.4) is 0 Å². The molecule has 3 aliphatic rings. The summed E-state index contributed by atoms with van der Waals surface area (Å²) in [4.78, 5) is 40.3. The quantitative estimate of drug-likeness (QED) is 0.511. The summed E-state index contributed by atoms with van der Waals surface area (Å²) in [5, 5.41) is 8.47. The average molecular weight is 497 g/mol. The molecular formula is C26H26ClFN4O3. The van der Waals surface area contributed by atoms with E-state index in [1.807, 2.05) is 18.2 Å². The molecule has 1 amide bonds. The van der Waals surface area contributed by atoms with Gasteiger partial charge in [0.2, 0.25) is 5.91 Å². The Bertz CT molecular complexity index is 1350. The Hall–Kier alpha value is -3.26.